The number of thiophene rings is 1. The summed E-state index contributed by atoms with van der Waals surface area (Å²) < 4.78 is 6.67. The lowest BCUT2D eigenvalue weighted by molar-refractivity contribution is -0.113. The van der Waals surface area contributed by atoms with Crippen molar-refractivity contribution < 1.29 is 14.3 Å². The molecule has 3 rings (SSSR count). The molecule has 1 aromatic carbocycles. The van der Waals surface area contributed by atoms with Crippen molar-refractivity contribution in [2.75, 3.05) is 18.2 Å². The minimum absolute atomic E-state index is 0.0674. The molecule has 0 aliphatic rings. The van der Waals surface area contributed by atoms with Gasteiger partial charge in [0, 0.05) is 12.1 Å². The predicted octanol–water partition coefficient (Wildman–Crippen LogP) is 5.01. The number of anilines is 1. The van der Waals surface area contributed by atoms with Crippen LogP contribution >= 0.6 is 23.1 Å². The summed E-state index contributed by atoms with van der Waals surface area (Å²) in [5, 5.41) is 14.2. The Bertz CT molecular complexity index is 1110. The van der Waals surface area contributed by atoms with Crippen LogP contribution in [-0.2, 0) is 21.5 Å². The SMILES string of the molecule is C=CCn1c(SCC(=O)Nc2sccc2C(=O)OC)nnc1-c1ccc(C(C)(C)C)cc1. The van der Waals surface area contributed by atoms with Crippen molar-refractivity contribution >= 4 is 40.0 Å². The summed E-state index contributed by atoms with van der Waals surface area (Å²) in [5.74, 6) is 0.116. The van der Waals surface area contributed by atoms with Crippen molar-refractivity contribution in [3.63, 3.8) is 0 Å². The third-order valence-electron chi connectivity index (χ3n) is 4.69. The van der Waals surface area contributed by atoms with E-state index < -0.39 is 5.97 Å². The van der Waals surface area contributed by atoms with Gasteiger partial charge in [0.05, 0.1) is 18.4 Å². The van der Waals surface area contributed by atoms with Gasteiger partial charge >= 0.3 is 5.97 Å². The number of carbonyl (C=O) groups is 2. The quantitative estimate of drug-likeness (QED) is 0.283. The van der Waals surface area contributed by atoms with Crippen LogP contribution in [0.1, 0.15) is 36.7 Å². The number of thioether (sulfide) groups is 1. The molecule has 32 heavy (non-hydrogen) atoms. The summed E-state index contributed by atoms with van der Waals surface area (Å²) in [6.45, 7) is 10.9. The molecule has 9 heteroatoms. The summed E-state index contributed by atoms with van der Waals surface area (Å²) in [5.41, 5.74) is 2.59. The maximum Gasteiger partial charge on any atom is 0.340 e. The molecule has 168 valence electrons. The van der Waals surface area contributed by atoms with Crippen molar-refractivity contribution in [1.82, 2.24) is 14.8 Å². The monoisotopic (exact) mass is 470 g/mol. The number of nitrogens with one attached hydrogen (secondary N) is 1. The van der Waals surface area contributed by atoms with E-state index in [1.807, 2.05) is 16.7 Å². The maximum atomic E-state index is 12.5. The number of methoxy groups -OCH3 is 1. The summed E-state index contributed by atoms with van der Waals surface area (Å²) >= 11 is 2.55. The van der Waals surface area contributed by atoms with Gasteiger partial charge in [-0.1, -0.05) is 62.9 Å². The molecule has 1 N–H and O–H groups in total. The van der Waals surface area contributed by atoms with Gasteiger partial charge < -0.3 is 10.1 Å². The highest BCUT2D eigenvalue weighted by atomic mass is 32.2. The normalized spacial score (nSPS) is 11.2. The van der Waals surface area contributed by atoms with Crippen LogP contribution in [0.4, 0.5) is 5.00 Å². The lowest BCUT2D eigenvalue weighted by Crippen LogP contribution is -2.16. The molecular formula is C23H26N4O3S2. The first-order valence-electron chi connectivity index (χ1n) is 9.98. The largest absolute Gasteiger partial charge is 0.465 e. The Balaban J connectivity index is 1.73. The number of hydrogen-bond donors (Lipinski definition) is 1. The van der Waals surface area contributed by atoms with E-state index in [2.05, 4.69) is 55.0 Å². The van der Waals surface area contributed by atoms with Crippen LogP contribution in [0.5, 0.6) is 0 Å². The van der Waals surface area contributed by atoms with E-state index >= 15 is 0 Å². The first-order chi connectivity index (χ1) is 15.2. The fourth-order valence-electron chi connectivity index (χ4n) is 2.99. The number of hydrogen-bond acceptors (Lipinski definition) is 7. The second kappa shape index (κ2) is 10.1. The van der Waals surface area contributed by atoms with Crippen molar-refractivity contribution in [3.8, 4) is 11.4 Å². The summed E-state index contributed by atoms with van der Waals surface area (Å²) in [4.78, 5) is 24.3. The second-order valence-electron chi connectivity index (χ2n) is 8.02. The Hall–Kier alpha value is -2.91. The van der Waals surface area contributed by atoms with Gasteiger partial charge in [0.2, 0.25) is 5.91 Å². The minimum atomic E-state index is -0.484. The van der Waals surface area contributed by atoms with Crippen LogP contribution in [0.25, 0.3) is 11.4 Å². The summed E-state index contributed by atoms with van der Waals surface area (Å²) in [6.07, 6.45) is 1.77. The van der Waals surface area contributed by atoms with Gasteiger partial charge in [-0.05, 0) is 22.4 Å². The van der Waals surface area contributed by atoms with Crippen molar-refractivity contribution in [2.24, 2.45) is 0 Å². The zero-order chi connectivity index (χ0) is 23.3. The zero-order valence-electron chi connectivity index (χ0n) is 18.5. The Morgan fingerprint density at radius 2 is 1.94 bits per heavy atom. The van der Waals surface area contributed by atoms with E-state index in [4.69, 9.17) is 4.74 Å². The molecule has 0 atom stereocenters. The average molecular weight is 471 g/mol. The summed E-state index contributed by atoms with van der Waals surface area (Å²) in [7, 11) is 1.31. The third kappa shape index (κ3) is 5.46. The average Bonchev–Trinajstić information content (AvgIpc) is 3.38. The van der Waals surface area contributed by atoms with Gasteiger partial charge in [0.25, 0.3) is 0 Å². The van der Waals surface area contributed by atoms with Crippen molar-refractivity contribution in [2.45, 2.75) is 37.9 Å². The van der Waals surface area contributed by atoms with Crippen molar-refractivity contribution in [1.29, 1.82) is 0 Å². The first-order valence-corrected chi connectivity index (χ1v) is 11.8. The van der Waals surface area contributed by atoms with Crippen LogP contribution in [-0.4, -0.2) is 39.5 Å². The van der Waals surface area contributed by atoms with Gasteiger partial charge in [0.1, 0.15) is 5.00 Å². The smallest absolute Gasteiger partial charge is 0.340 e. The number of allylic oxidation sites excluding steroid dienone is 1. The molecule has 2 heterocycles. The van der Waals surface area contributed by atoms with Crippen LogP contribution in [0.15, 0.2) is 53.5 Å². The number of nitrogens with zero attached hydrogens (tertiary/aromatic N) is 3. The number of benzene rings is 1. The lowest BCUT2D eigenvalue weighted by Gasteiger charge is -2.19. The van der Waals surface area contributed by atoms with Crippen LogP contribution in [0.3, 0.4) is 0 Å². The molecule has 7 nitrogen and oxygen atoms in total. The predicted molar refractivity (Wildman–Crippen MR) is 129 cm³/mol. The molecule has 0 fully saturated rings. The Morgan fingerprint density at radius 3 is 2.56 bits per heavy atom. The van der Waals surface area contributed by atoms with E-state index in [9.17, 15) is 9.59 Å². The molecule has 2 aromatic heterocycles. The number of ether oxygens (including phenoxy) is 1. The van der Waals surface area contributed by atoms with Gasteiger partial charge in [-0.3, -0.25) is 9.36 Å². The molecule has 0 unspecified atom stereocenters. The summed E-state index contributed by atoms with van der Waals surface area (Å²) in [6, 6.07) is 9.90. The number of carbonyl (C=O) groups excluding carboxylic acids is 2. The number of rotatable bonds is 8. The molecule has 0 aliphatic heterocycles. The van der Waals surface area contributed by atoms with E-state index in [1.54, 1.807) is 17.5 Å². The topological polar surface area (TPSA) is 86.1 Å². The molecule has 0 saturated heterocycles. The van der Waals surface area contributed by atoms with Gasteiger partial charge in [-0.25, -0.2) is 4.79 Å². The fourth-order valence-corrected chi connectivity index (χ4v) is 4.53. The maximum absolute atomic E-state index is 12.5. The minimum Gasteiger partial charge on any atom is -0.465 e. The first kappa shape index (κ1) is 23.7. The molecule has 0 radical (unpaired) electrons. The number of aromatic nitrogens is 3. The molecular weight excluding hydrogens is 444 g/mol. The Morgan fingerprint density at radius 1 is 1.22 bits per heavy atom. The van der Waals surface area contributed by atoms with Crippen LogP contribution in [0.2, 0.25) is 0 Å². The van der Waals surface area contributed by atoms with E-state index in [0.717, 1.165) is 11.4 Å². The fraction of sp³-hybridized carbons (Fsp3) is 0.304. The number of amides is 1. The molecule has 0 spiro atoms. The Labute approximate surface area is 195 Å². The van der Waals surface area contributed by atoms with Gasteiger partial charge in [-0.2, -0.15) is 0 Å². The van der Waals surface area contributed by atoms with E-state index in [1.165, 1.54) is 35.8 Å². The highest BCUT2D eigenvalue weighted by molar-refractivity contribution is 7.99. The van der Waals surface area contributed by atoms with Gasteiger partial charge in [0.15, 0.2) is 11.0 Å². The zero-order valence-corrected chi connectivity index (χ0v) is 20.2. The Kier molecular flexibility index (Phi) is 7.52. The molecule has 0 bridgehead atoms. The molecule has 1 amide bonds. The van der Waals surface area contributed by atoms with E-state index in [0.29, 0.717) is 22.3 Å². The third-order valence-corrected chi connectivity index (χ3v) is 6.49. The van der Waals surface area contributed by atoms with E-state index in [-0.39, 0.29) is 17.1 Å². The van der Waals surface area contributed by atoms with Crippen molar-refractivity contribution in [3.05, 3.63) is 59.5 Å². The highest BCUT2D eigenvalue weighted by Crippen LogP contribution is 2.28. The lowest BCUT2D eigenvalue weighted by atomic mass is 9.87. The molecule has 0 saturated carbocycles. The standard InChI is InChI=1S/C23H26N4O3S2/c1-6-12-27-19(15-7-9-16(10-8-15)23(2,3)4)25-26-22(27)32-14-18(28)24-20-17(11-13-31-20)21(29)30-5/h6-11,13H,1,12,14H2,2-5H3,(H,24,28). The van der Waals surface area contributed by atoms with Crippen LogP contribution < -0.4 is 5.32 Å². The second-order valence-corrected chi connectivity index (χ2v) is 9.88. The van der Waals surface area contributed by atoms with Gasteiger partial charge in [-0.15, -0.1) is 28.1 Å². The molecule has 3 aromatic rings. The number of esters is 1. The highest BCUT2D eigenvalue weighted by Gasteiger charge is 2.19. The van der Waals surface area contributed by atoms with Crippen LogP contribution in [0, 0.1) is 0 Å². The molecule has 0 aliphatic carbocycles.